The Bertz CT molecular complexity index is 699. The maximum absolute atomic E-state index is 12.2. The van der Waals surface area contributed by atoms with Gasteiger partial charge in [-0.15, -0.1) is 0 Å². The Morgan fingerprint density at radius 1 is 1.05 bits per heavy atom. The van der Waals surface area contributed by atoms with Gasteiger partial charge in [0.2, 0.25) is 10.0 Å². The summed E-state index contributed by atoms with van der Waals surface area (Å²) in [5, 5.41) is 0.209. The fourth-order valence-electron chi connectivity index (χ4n) is 1.84. The lowest BCUT2D eigenvalue weighted by Gasteiger charge is -2.08. The van der Waals surface area contributed by atoms with E-state index >= 15 is 0 Å². The van der Waals surface area contributed by atoms with Gasteiger partial charge >= 0.3 is 0 Å². The van der Waals surface area contributed by atoms with E-state index in [9.17, 15) is 8.42 Å². The van der Waals surface area contributed by atoms with Gasteiger partial charge in [0.05, 0.1) is 11.6 Å². The minimum absolute atomic E-state index is 0.0858. The average Bonchev–Trinajstić information content (AvgIpc) is 2.47. The number of sulfonamides is 1. The summed E-state index contributed by atoms with van der Waals surface area (Å²) in [6.45, 7) is 0.743. The van der Waals surface area contributed by atoms with Crippen LogP contribution in [0.15, 0.2) is 53.4 Å². The van der Waals surface area contributed by atoms with Crippen LogP contribution in [0.1, 0.15) is 11.1 Å². The van der Waals surface area contributed by atoms with E-state index in [0.717, 1.165) is 11.1 Å². The smallest absolute Gasteiger partial charge is 0.242 e. The maximum atomic E-state index is 12.2. The van der Waals surface area contributed by atoms with Gasteiger partial charge in [0.1, 0.15) is 4.90 Å². The van der Waals surface area contributed by atoms with Crippen LogP contribution in [0.3, 0.4) is 0 Å². The Morgan fingerprint density at radius 2 is 1.67 bits per heavy atom. The van der Waals surface area contributed by atoms with E-state index < -0.39 is 10.0 Å². The Kier molecular flexibility index (Phi) is 5.36. The first-order chi connectivity index (χ1) is 10.0. The molecular weight excluding hydrogens is 310 g/mol. The molecule has 0 saturated carbocycles. The van der Waals surface area contributed by atoms with E-state index in [1.807, 2.05) is 24.3 Å². The Hall–Kier alpha value is -1.40. The molecule has 0 atom stereocenters. The van der Waals surface area contributed by atoms with Crippen molar-refractivity contribution in [2.75, 3.05) is 7.11 Å². The lowest BCUT2D eigenvalue weighted by atomic mass is 10.1. The highest BCUT2D eigenvalue weighted by Crippen LogP contribution is 2.20. The van der Waals surface area contributed by atoms with Crippen LogP contribution in [0.25, 0.3) is 0 Å². The zero-order valence-corrected chi connectivity index (χ0v) is 13.1. The van der Waals surface area contributed by atoms with Crippen molar-refractivity contribution in [1.29, 1.82) is 0 Å². The largest absolute Gasteiger partial charge is 0.380 e. The molecule has 0 amide bonds. The van der Waals surface area contributed by atoms with Crippen LogP contribution in [-0.4, -0.2) is 15.5 Å². The summed E-state index contributed by atoms with van der Waals surface area (Å²) in [5.74, 6) is 0. The number of methoxy groups -OCH3 is 1. The number of benzene rings is 2. The van der Waals surface area contributed by atoms with Gasteiger partial charge in [-0.1, -0.05) is 48.0 Å². The second-order valence-corrected chi connectivity index (χ2v) is 6.65. The first kappa shape index (κ1) is 16.0. The minimum atomic E-state index is -3.62. The number of hydrogen-bond acceptors (Lipinski definition) is 3. The zero-order valence-electron chi connectivity index (χ0n) is 11.5. The van der Waals surface area contributed by atoms with Gasteiger partial charge in [-0.2, -0.15) is 0 Å². The molecule has 112 valence electrons. The number of ether oxygens (including phenoxy) is 1. The molecule has 21 heavy (non-hydrogen) atoms. The number of nitrogens with one attached hydrogen (secondary N) is 1. The summed E-state index contributed by atoms with van der Waals surface area (Å²) in [5.41, 5.74) is 1.90. The summed E-state index contributed by atoms with van der Waals surface area (Å²) in [6, 6.07) is 13.9. The third-order valence-electron chi connectivity index (χ3n) is 2.93. The van der Waals surface area contributed by atoms with Gasteiger partial charge in [-0.25, -0.2) is 13.1 Å². The topological polar surface area (TPSA) is 55.4 Å². The van der Waals surface area contributed by atoms with Crippen molar-refractivity contribution in [2.24, 2.45) is 0 Å². The second kappa shape index (κ2) is 7.04. The molecule has 2 aromatic rings. The van der Waals surface area contributed by atoms with Gasteiger partial charge in [0, 0.05) is 13.7 Å². The Morgan fingerprint density at radius 3 is 2.29 bits per heavy atom. The molecule has 0 radical (unpaired) electrons. The second-order valence-electron chi connectivity index (χ2n) is 4.50. The van der Waals surface area contributed by atoms with E-state index in [2.05, 4.69) is 4.72 Å². The monoisotopic (exact) mass is 325 g/mol. The van der Waals surface area contributed by atoms with Crippen molar-refractivity contribution in [3.8, 4) is 0 Å². The average molecular weight is 326 g/mol. The summed E-state index contributed by atoms with van der Waals surface area (Å²) < 4.78 is 31.9. The minimum Gasteiger partial charge on any atom is -0.380 e. The van der Waals surface area contributed by atoms with E-state index in [1.54, 1.807) is 25.3 Å². The van der Waals surface area contributed by atoms with Crippen LogP contribution >= 0.6 is 11.6 Å². The fourth-order valence-corrected chi connectivity index (χ4v) is 3.37. The van der Waals surface area contributed by atoms with Crippen molar-refractivity contribution < 1.29 is 13.2 Å². The molecule has 2 aromatic carbocycles. The van der Waals surface area contributed by atoms with Crippen molar-refractivity contribution in [3.05, 3.63) is 64.7 Å². The van der Waals surface area contributed by atoms with Gasteiger partial charge in [0.15, 0.2) is 0 Å². The standard InChI is InChI=1S/C15H16ClNO3S/c1-20-11-13-8-6-12(7-9-13)10-17-21(18,19)15-5-3-2-4-14(15)16/h2-9,17H,10-11H2,1H3. The molecule has 0 bridgehead atoms. The van der Waals surface area contributed by atoms with Gasteiger partial charge in [0.25, 0.3) is 0 Å². The zero-order chi connectivity index (χ0) is 15.3. The SMILES string of the molecule is COCc1ccc(CNS(=O)(=O)c2ccccc2Cl)cc1. The van der Waals surface area contributed by atoms with Gasteiger partial charge in [-0.05, 0) is 23.3 Å². The summed E-state index contributed by atoms with van der Waals surface area (Å²) in [6.07, 6.45) is 0. The lowest BCUT2D eigenvalue weighted by Crippen LogP contribution is -2.23. The first-order valence-corrected chi connectivity index (χ1v) is 8.20. The van der Waals surface area contributed by atoms with E-state index in [-0.39, 0.29) is 16.5 Å². The number of rotatable bonds is 6. The normalized spacial score (nSPS) is 11.5. The fraction of sp³-hybridized carbons (Fsp3) is 0.200. The molecule has 0 aliphatic heterocycles. The number of halogens is 1. The van der Waals surface area contributed by atoms with Crippen LogP contribution < -0.4 is 4.72 Å². The van der Waals surface area contributed by atoms with Crippen LogP contribution in [0, 0.1) is 0 Å². The van der Waals surface area contributed by atoms with Crippen LogP contribution in [0.4, 0.5) is 0 Å². The van der Waals surface area contributed by atoms with Gasteiger partial charge in [-0.3, -0.25) is 0 Å². The molecule has 2 rings (SSSR count). The van der Waals surface area contributed by atoms with Crippen molar-refractivity contribution in [1.82, 2.24) is 4.72 Å². The third kappa shape index (κ3) is 4.28. The van der Waals surface area contributed by atoms with Crippen LogP contribution in [0.2, 0.25) is 5.02 Å². The van der Waals surface area contributed by atoms with Gasteiger partial charge < -0.3 is 4.74 Å². The molecule has 6 heteroatoms. The maximum Gasteiger partial charge on any atom is 0.242 e. The van der Waals surface area contributed by atoms with E-state index in [0.29, 0.717) is 6.61 Å². The van der Waals surface area contributed by atoms with Crippen LogP contribution in [-0.2, 0) is 27.9 Å². The van der Waals surface area contributed by atoms with Crippen LogP contribution in [0.5, 0.6) is 0 Å². The third-order valence-corrected chi connectivity index (χ3v) is 4.83. The predicted molar refractivity (Wildman–Crippen MR) is 82.6 cm³/mol. The molecule has 0 spiro atoms. The highest BCUT2D eigenvalue weighted by Gasteiger charge is 2.16. The molecule has 0 aromatic heterocycles. The van der Waals surface area contributed by atoms with E-state index in [1.165, 1.54) is 6.07 Å². The summed E-state index contributed by atoms with van der Waals surface area (Å²) in [4.78, 5) is 0.0858. The Labute approximate surface area is 129 Å². The highest BCUT2D eigenvalue weighted by atomic mass is 35.5. The van der Waals surface area contributed by atoms with Crippen molar-refractivity contribution in [3.63, 3.8) is 0 Å². The molecule has 1 N–H and O–H groups in total. The lowest BCUT2D eigenvalue weighted by molar-refractivity contribution is 0.185. The molecule has 0 aliphatic carbocycles. The highest BCUT2D eigenvalue weighted by molar-refractivity contribution is 7.89. The van der Waals surface area contributed by atoms with Crippen molar-refractivity contribution in [2.45, 2.75) is 18.0 Å². The molecule has 4 nitrogen and oxygen atoms in total. The summed E-state index contributed by atoms with van der Waals surface area (Å²) in [7, 11) is -1.99. The molecular formula is C15H16ClNO3S. The predicted octanol–water partition coefficient (Wildman–Crippen LogP) is 2.96. The first-order valence-electron chi connectivity index (χ1n) is 6.34. The molecule has 0 saturated heterocycles. The van der Waals surface area contributed by atoms with E-state index in [4.69, 9.17) is 16.3 Å². The summed E-state index contributed by atoms with van der Waals surface area (Å²) >= 11 is 5.91. The molecule has 0 heterocycles. The molecule has 0 unspecified atom stereocenters. The molecule has 0 fully saturated rings. The number of hydrogen-bond donors (Lipinski definition) is 1. The quantitative estimate of drug-likeness (QED) is 0.888. The molecule has 0 aliphatic rings. The van der Waals surface area contributed by atoms with Crippen molar-refractivity contribution >= 4 is 21.6 Å². The Balaban J connectivity index is 2.07.